The first-order chi connectivity index (χ1) is 10.9. The molecule has 1 aromatic heterocycles. The number of carbonyl (C=O) groups is 1. The maximum atomic E-state index is 12.5. The molecule has 0 aliphatic heterocycles. The van der Waals surface area contributed by atoms with Crippen molar-refractivity contribution >= 4 is 15.9 Å². The van der Waals surface area contributed by atoms with Crippen LogP contribution in [0.25, 0.3) is 0 Å². The second kappa shape index (κ2) is 6.84. The molecule has 1 amide bonds. The fraction of sp³-hybridized carbons (Fsp3) is 0.267. The van der Waals surface area contributed by atoms with Gasteiger partial charge in [-0.25, -0.2) is 13.1 Å². The molecule has 0 radical (unpaired) electrons. The number of furan rings is 1. The molecule has 1 aromatic carbocycles. The number of hydrogen-bond donors (Lipinski definition) is 1. The van der Waals surface area contributed by atoms with Gasteiger partial charge in [0, 0.05) is 12.6 Å². The number of amides is 1. The van der Waals surface area contributed by atoms with Crippen LogP contribution in [-0.2, 0) is 16.6 Å². The van der Waals surface area contributed by atoms with Gasteiger partial charge in [-0.15, -0.1) is 0 Å². The van der Waals surface area contributed by atoms with Gasteiger partial charge < -0.3 is 14.1 Å². The van der Waals surface area contributed by atoms with Crippen molar-refractivity contribution in [2.75, 3.05) is 21.2 Å². The van der Waals surface area contributed by atoms with E-state index in [2.05, 4.69) is 4.72 Å². The number of carbonyl (C=O) groups excluding carboxylic acids is 1. The summed E-state index contributed by atoms with van der Waals surface area (Å²) in [6.07, 6.45) is 1.53. The van der Waals surface area contributed by atoms with E-state index in [1.807, 2.05) is 0 Å². The molecular formula is C15H18N2O5S. The number of hydrogen-bond acceptors (Lipinski definition) is 5. The normalized spacial score (nSPS) is 11.3. The summed E-state index contributed by atoms with van der Waals surface area (Å²) in [7, 11) is 0.543. The molecule has 124 valence electrons. The molecule has 0 aliphatic carbocycles. The fourth-order valence-electron chi connectivity index (χ4n) is 2.06. The van der Waals surface area contributed by atoms with Crippen LogP contribution in [0, 0.1) is 0 Å². The highest BCUT2D eigenvalue weighted by molar-refractivity contribution is 7.89. The lowest BCUT2D eigenvalue weighted by molar-refractivity contribution is 0.0775. The van der Waals surface area contributed by atoms with Gasteiger partial charge in [0.2, 0.25) is 10.0 Å². The largest absolute Gasteiger partial charge is 0.495 e. The SMILES string of the molecule is CNS(=O)(=O)c1cc(C(=O)N(C)Cc2ccco2)ccc1OC. The molecule has 7 nitrogen and oxygen atoms in total. The fourth-order valence-corrected chi connectivity index (χ4v) is 2.98. The molecule has 2 aromatic rings. The zero-order valence-corrected chi connectivity index (χ0v) is 13.9. The highest BCUT2D eigenvalue weighted by atomic mass is 32.2. The molecule has 2 rings (SSSR count). The van der Waals surface area contributed by atoms with Crippen molar-refractivity contribution in [1.29, 1.82) is 0 Å². The first-order valence-electron chi connectivity index (χ1n) is 6.78. The Kier molecular flexibility index (Phi) is 5.07. The lowest BCUT2D eigenvalue weighted by Crippen LogP contribution is -2.26. The Morgan fingerprint density at radius 1 is 1.35 bits per heavy atom. The van der Waals surface area contributed by atoms with E-state index in [4.69, 9.17) is 9.15 Å². The van der Waals surface area contributed by atoms with Gasteiger partial charge in [-0.2, -0.15) is 0 Å². The third-order valence-corrected chi connectivity index (χ3v) is 4.72. The molecule has 0 aliphatic rings. The summed E-state index contributed by atoms with van der Waals surface area (Å²) in [4.78, 5) is 13.8. The average molecular weight is 338 g/mol. The molecule has 0 atom stereocenters. The Morgan fingerprint density at radius 2 is 2.09 bits per heavy atom. The third-order valence-electron chi connectivity index (χ3n) is 3.29. The van der Waals surface area contributed by atoms with Crippen molar-refractivity contribution in [3.63, 3.8) is 0 Å². The molecule has 0 fully saturated rings. The molecule has 8 heteroatoms. The molecule has 0 unspecified atom stereocenters. The van der Waals surface area contributed by atoms with Crippen molar-refractivity contribution in [2.45, 2.75) is 11.4 Å². The second-order valence-electron chi connectivity index (χ2n) is 4.81. The molecule has 0 saturated carbocycles. The molecule has 1 N–H and O–H groups in total. The number of ether oxygens (including phenoxy) is 1. The van der Waals surface area contributed by atoms with E-state index in [1.54, 1.807) is 19.2 Å². The predicted octanol–water partition coefficient (Wildman–Crippen LogP) is 1.47. The summed E-state index contributed by atoms with van der Waals surface area (Å²) in [6.45, 7) is 0.284. The average Bonchev–Trinajstić information content (AvgIpc) is 3.06. The number of nitrogens with one attached hydrogen (secondary N) is 1. The minimum atomic E-state index is -3.74. The van der Waals surface area contributed by atoms with Gasteiger partial charge in [0.25, 0.3) is 5.91 Å². The summed E-state index contributed by atoms with van der Waals surface area (Å²) in [6, 6.07) is 7.77. The van der Waals surface area contributed by atoms with Crippen LogP contribution in [0.15, 0.2) is 45.9 Å². The van der Waals surface area contributed by atoms with Crippen LogP contribution in [0.5, 0.6) is 5.75 Å². The number of rotatable bonds is 6. The van der Waals surface area contributed by atoms with E-state index in [1.165, 1.54) is 43.5 Å². The summed E-state index contributed by atoms with van der Waals surface area (Å²) >= 11 is 0. The Bertz CT molecular complexity index is 784. The first-order valence-corrected chi connectivity index (χ1v) is 8.27. The molecule has 23 heavy (non-hydrogen) atoms. The molecule has 0 spiro atoms. The Morgan fingerprint density at radius 3 is 2.65 bits per heavy atom. The van der Waals surface area contributed by atoms with E-state index < -0.39 is 10.0 Å². The van der Waals surface area contributed by atoms with E-state index >= 15 is 0 Å². The lowest BCUT2D eigenvalue weighted by atomic mass is 10.2. The van der Waals surface area contributed by atoms with E-state index in [0.717, 1.165) is 0 Å². The van der Waals surface area contributed by atoms with Gasteiger partial charge in [0.05, 0.1) is 19.9 Å². The second-order valence-corrected chi connectivity index (χ2v) is 6.67. The highest BCUT2D eigenvalue weighted by Crippen LogP contribution is 2.25. The number of methoxy groups -OCH3 is 1. The summed E-state index contributed by atoms with van der Waals surface area (Å²) in [5.74, 6) is 0.485. The number of nitrogens with zero attached hydrogens (tertiary/aromatic N) is 1. The molecule has 0 bridgehead atoms. The molecule has 1 heterocycles. The highest BCUT2D eigenvalue weighted by Gasteiger charge is 2.21. The topological polar surface area (TPSA) is 88.9 Å². The van der Waals surface area contributed by atoms with Crippen molar-refractivity contribution < 1.29 is 22.4 Å². The van der Waals surface area contributed by atoms with Gasteiger partial charge >= 0.3 is 0 Å². The standard InChI is InChI=1S/C15H18N2O5S/c1-16-23(19,20)14-9-11(6-7-13(14)21-3)15(18)17(2)10-12-5-4-8-22-12/h4-9,16H,10H2,1-3H3. The summed E-state index contributed by atoms with van der Waals surface area (Å²) < 4.78 is 36.6. The van der Waals surface area contributed by atoms with Gasteiger partial charge in [-0.05, 0) is 37.4 Å². The smallest absolute Gasteiger partial charge is 0.254 e. The maximum Gasteiger partial charge on any atom is 0.254 e. The van der Waals surface area contributed by atoms with Gasteiger partial charge in [-0.3, -0.25) is 4.79 Å². The van der Waals surface area contributed by atoms with Crippen molar-refractivity contribution in [2.24, 2.45) is 0 Å². The third kappa shape index (κ3) is 3.72. The minimum absolute atomic E-state index is 0.0836. The Balaban J connectivity index is 2.32. The predicted molar refractivity (Wildman–Crippen MR) is 83.7 cm³/mol. The van der Waals surface area contributed by atoms with Crippen LogP contribution < -0.4 is 9.46 Å². The van der Waals surface area contributed by atoms with Gasteiger partial charge in [0.1, 0.15) is 16.4 Å². The van der Waals surface area contributed by atoms with Crippen LogP contribution in [0.4, 0.5) is 0 Å². The number of sulfonamides is 1. The van der Waals surface area contributed by atoms with Crippen molar-refractivity contribution in [1.82, 2.24) is 9.62 Å². The maximum absolute atomic E-state index is 12.5. The van der Waals surface area contributed by atoms with Crippen LogP contribution >= 0.6 is 0 Å². The molecule has 0 saturated heterocycles. The van der Waals surface area contributed by atoms with Crippen molar-refractivity contribution in [3.8, 4) is 5.75 Å². The Hall–Kier alpha value is -2.32. The molecular weight excluding hydrogens is 320 g/mol. The summed E-state index contributed by atoms with van der Waals surface area (Å²) in [5.41, 5.74) is 0.244. The van der Waals surface area contributed by atoms with Crippen molar-refractivity contribution in [3.05, 3.63) is 47.9 Å². The first kappa shape index (κ1) is 17.0. The van der Waals surface area contributed by atoms with Gasteiger partial charge in [-0.1, -0.05) is 0 Å². The van der Waals surface area contributed by atoms with E-state index in [9.17, 15) is 13.2 Å². The lowest BCUT2D eigenvalue weighted by Gasteiger charge is -2.17. The van der Waals surface area contributed by atoms with Crippen LogP contribution in [-0.4, -0.2) is 40.4 Å². The van der Waals surface area contributed by atoms with Crippen LogP contribution in [0.3, 0.4) is 0 Å². The van der Waals surface area contributed by atoms with Gasteiger partial charge in [0.15, 0.2) is 0 Å². The zero-order valence-electron chi connectivity index (χ0n) is 13.1. The minimum Gasteiger partial charge on any atom is -0.495 e. The van der Waals surface area contributed by atoms with Crippen LogP contribution in [0.2, 0.25) is 0 Å². The summed E-state index contributed by atoms with van der Waals surface area (Å²) in [5, 5.41) is 0. The Labute approximate surface area is 134 Å². The monoisotopic (exact) mass is 338 g/mol. The number of benzene rings is 1. The van der Waals surface area contributed by atoms with E-state index in [0.29, 0.717) is 5.76 Å². The van der Waals surface area contributed by atoms with E-state index in [-0.39, 0.29) is 28.7 Å². The zero-order chi connectivity index (χ0) is 17.0. The van der Waals surface area contributed by atoms with Crippen LogP contribution in [0.1, 0.15) is 16.1 Å². The quantitative estimate of drug-likeness (QED) is 0.861.